The van der Waals surface area contributed by atoms with Gasteiger partial charge in [-0.25, -0.2) is 4.79 Å². The molecule has 2 rings (SSSR count). The maximum absolute atomic E-state index is 12.2. The summed E-state index contributed by atoms with van der Waals surface area (Å²) in [7, 11) is 0. The number of piperidine rings is 1. The lowest BCUT2D eigenvalue weighted by atomic mass is 10.0. The summed E-state index contributed by atoms with van der Waals surface area (Å²) in [5.41, 5.74) is 0. The van der Waals surface area contributed by atoms with Gasteiger partial charge in [0, 0.05) is 12.6 Å². The fourth-order valence-corrected chi connectivity index (χ4v) is 3.13. The molecule has 2 aliphatic rings. The van der Waals surface area contributed by atoms with E-state index in [-0.39, 0.29) is 24.7 Å². The Hall–Kier alpha value is -1.30. The van der Waals surface area contributed by atoms with Gasteiger partial charge in [0.15, 0.2) is 0 Å². The van der Waals surface area contributed by atoms with E-state index in [9.17, 15) is 14.7 Å². The highest BCUT2D eigenvalue weighted by Crippen LogP contribution is 2.26. The van der Waals surface area contributed by atoms with E-state index in [1.54, 1.807) is 4.90 Å². The van der Waals surface area contributed by atoms with E-state index in [2.05, 4.69) is 5.32 Å². The molecule has 0 bridgehead atoms. The monoisotopic (exact) mass is 270 g/mol. The van der Waals surface area contributed by atoms with Crippen LogP contribution in [0.1, 0.15) is 38.5 Å². The molecule has 1 aliphatic carbocycles. The van der Waals surface area contributed by atoms with Crippen LogP contribution in [0, 0.1) is 5.92 Å². The lowest BCUT2D eigenvalue weighted by molar-refractivity contribution is -0.142. The minimum absolute atomic E-state index is 0.0273. The minimum Gasteiger partial charge on any atom is -0.481 e. The van der Waals surface area contributed by atoms with Crippen molar-refractivity contribution in [3.63, 3.8) is 0 Å². The zero-order chi connectivity index (χ0) is 13.8. The van der Waals surface area contributed by atoms with Crippen molar-refractivity contribution >= 4 is 12.0 Å². The molecule has 1 saturated heterocycles. The van der Waals surface area contributed by atoms with Crippen LogP contribution in [-0.4, -0.2) is 52.3 Å². The lowest BCUT2D eigenvalue weighted by Gasteiger charge is -2.35. The van der Waals surface area contributed by atoms with Gasteiger partial charge in [0.1, 0.15) is 0 Å². The number of carboxylic acids is 1. The van der Waals surface area contributed by atoms with Gasteiger partial charge in [0.2, 0.25) is 0 Å². The van der Waals surface area contributed by atoms with E-state index in [1.165, 1.54) is 0 Å². The van der Waals surface area contributed by atoms with Crippen LogP contribution < -0.4 is 5.32 Å². The topological polar surface area (TPSA) is 89.9 Å². The lowest BCUT2D eigenvalue weighted by Crippen LogP contribution is -2.53. The van der Waals surface area contributed by atoms with Gasteiger partial charge in [0.25, 0.3) is 0 Å². The number of carbonyl (C=O) groups is 2. The second-order valence-corrected chi connectivity index (χ2v) is 5.46. The largest absolute Gasteiger partial charge is 0.481 e. The number of nitrogens with zero attached hydrogens (tertiary/aromatic N) is 1. The Kier molecular flexibility index (Phi) is 4.63. The van der Waals surface area contributed by atoms with Gasteiger partial charge >= 0.3 is 12.0 Å². The number of aliphatic hydroxyl groups excluding tert-OH is 1. The Labute approximate surface area is 112 Å². The molecule has 108 valence electrons. The molecule has 0 aromatic rings. The molecular formula is C13H22N2O4. The predicted molar refractivity (Wildman–Crippen MR) is 68.7 cm³/mol. The number of aliphatic hydroxyl groups is 1. The first-order chi connectivity index (χ1) is 9.13. The van der Waals surface area contributed by atoms with Gasteiger partial charge in [-0.2, -0.15) is 0 Å². The maximum atomic E-state index is 12.2. The van der Waals surface area contributed by atoms with Gasteiger partial charge in [-0.15, -0.1) is 0 Å². The number of hydrogen-bond acceptors (Lipinski definition) is 3. The first-order valence-electron chi connectivity index (χ1n) is 7.04. The van der Waals surface area contributed by atoms with Crippen LogP contribution in [-0.2, 0) is 4.79 Å². The summed E-state index contributed by atoms with van der Waals surface area (Å²) in [6.45, 7) is 0.613. The maximum Gasteiger partial charge on any atom is 0.317 e. The molecule has 2 amide bonds. The zero-order valence-corrected chi connectivity index (χ0v) is 11.0. The number of urea groups is 1. The van der Waals surface area contributed by atoms with Crippen molar-refractivity contribution in [2.45, 2.75) is 50.6 Å². The van der Waals surface area contributed by atoms with E-state index in [1.807, 2.05) is 0 Å². The van der Waals surface area contributed by atoms with Crippen LogP contribution in [0.5, 0.6) is 0 Å². The number of aliphatic carboxylic acids is 1. The van der Waals surface area contributed by atoms with Crippen LogP contribution in [0.3, 0.4) is 0 Å². The highest BCUT2D eigenvalue weighted by molar-refractivity contribution is 5.77. The number of likely N-dealkylation sites (tertiary alicyclic amines) is 1. The van der Waals surface area contributed by atoms with Gasteiger partial charge in [-0.05, 0) is 32.1 Å². The van der Waals surface area contributed by atoms with E-state index < -0.39 is 11.9 Å². The normalized spacial score (nSPS) is 31.2. The SMILES string of the molecule is O=C(O)C1CCCC1NC(=O)N1CCCCC1CO. The van der Waals surface area contributed by atoms with Crippen LogP contribution >= 0.6 is 0 Å². The van der Waals surface area contributed by atoms with Crippen molar-refractivity contribution in [3.8, 4) is 0 Å². The number of carbonyl (C=O) groups excluding carboxylic acids is 1. The molecule has 0 spiro atoms. The summed E-state index contributed by atoms with van der Waals surface area (Å²) in [5, 5.41) is 21.2. The Morgan fingerprint density at radius 2 is 1.95 bits per heavy atom. The van der Waals surface area contributed by atoms with Gasteiger partial charge in [0.05, 0.1) is 18.6 Å². The molecule has 1 heterocycles. The molecule has 6 heteroatoms. The Bertz CT molecular complexity index is 348. The van der Waals surface area contributed by atoms with Gasteiger partial charge < -0.3 is 20.4 Å². The summed E-state index contributed by atoms with van der Waals surface area (Å²) in [5.74, 6) is -1.30. The van der Waals surface area contributed by atoms with Crippen LogP contribution in [0.2, 0.25) is 0 Å². The molecule has 3 unspecified atom stereocenters. The first-order valence-corrected chi connectivity index (χ1v) is 7.04. The summed E-state index contributed by atoms with van der Waals surface area (Å²) in [6.07, 6.45) is 4.97. The van der Waals surface area contributed by atoms with Crippen LogP contribution in [0.15, 0.2) is 0 Å². The molecular weight excluding hydrogens is 248 g/mol. The number of carboxylic acid groups (broad SMARTS) is 1. The first kappa shape index (κ1) is 14.1. The third kappa shape index (κ3) is 3.18. The van der Waals surface area contributed by atoms with E-state index in [0.29, 0.717) is 13.0 Å². The van der Waals surface area contributed by atoms with Crippen molar-refractivity contribution in [2.75, 3.05) is 13.2 Å². The van der Waals surface area contributed by atoms with E-state index in [4.69, 9.17) is 5.11 Å². The molecule has 3 N–H and O–H groups in total. The molecule has 3 atom stereocenters. The third-order valence-electron chi connectivity index (χ3n) is 4.24. The molecule has 0 aromatic heterocycles. The fourth-order valence-electron chi connectivity index (χ4n) is 3.13. The van der Waals surface area contributed by atoms with Crippen molar-refractivity contribution in [2.24, 2.45) is 5.92 Å². The van der Waals surface area contributed by atoms with Gasteiger partial charge in [-0.3, -0.25) is 4.79 Å². The highest BCUT2D eigenvalue weighted by atomic mass is 16.4. The van der Waals surface area contributed by atoms with Gasteiger partial charge in [-0.1, -0.05) is 6.42 Å². The van der Waals surface area contributed by atoms with E-state index in [0.717, 1.165) is 32.1 Å². The van der Waals surface area contributed by atoms with Crippen molar-refractivity contribution in [1.82, 2.24) is 10.2 Å². The molecule has 0 radical (unpaired) electrons. The number of nitrogens with one attached hydrogen (secondary N) is 1. The number of amides is 2. The molecule has 2 fully saturated rings. The fraction of sp³-hybridized carbons (Fsp3) is 0.846. The van der Waals surface area contributed by atoms with Crippen molar-refractivity contribution in [3.05, 3.63) is 0 Å². The second kappa shape index (κ2) is 6.23. The third-order valence-corrected chi connectivity index (χ3v) is 4.24. The van der Waals surface area contributed by atoms with Crippen LogP contribution in [0.25, 0.3) is 0 Å². The quantitative estimate of drug-likeness (QED) is 0.707. The van der Waals surface area contributed by atoms with Crippen LogP contribution in [0.4, 0.5) is 4.79 Å². The minimum atomic E-state index is -0.833. The Balaban J connectivity index is 1.94. The number of rotatable bonds is 3. The predicted octanol–water partition coefficient (Wildman–Crippen LogP) is 0.796. The average molecular weight is 270 g/mol. The van der Waals surface area contributed by atoms with Crippen molar-refractivity contribution < 1.29 is 19.8 Å². The van der Waals surface area contributed by atoms with E-state index >= 15 is 0 Å². The summed E-state index contributed by atoms with van der Waals surface area (Å²) in [6, 6.07) is -0.624. The summed E-state index contributed by atoms with van der Waals surface area (Å²) in [4.78, 5) is 24.9. The van der Waals surface area contributed by atoms with Crippen molar-refractivity contribution in [1.29, 1.82) is 0 Å². The highest BCUT2D eigenvalue weighted by Gasteiger charge is 2.36. The smallest absolute Gasteiger partial charge is 0.317 e. The molecule has 6 nitrogen and oxygen atoms in total. The molecule has 1 aliphatic heterocycles. The second-order valence-electron chi connectivity index (χ2n) is 5.46. The molecule has 1 saturated carbocycles. The average Bonchev–Trinajstić information content (AvgIpc) is 2.87. The molecule has 19 heavy (non-hydrogen) atoms. The molecule has 0 aromatic carbocycles. The number of hydrogen-bond donors (Lipinski definition) is 3. The summed E-state index contributed by atoms with van der Waals surface area (Å²) >= 11 is 0. The standard InChI is InChI=1S/C13H22N2O4/c16-8-9-4-1-2-7-15(9)13(19)14-11-6-3-5-10(11)12(17)18/h9-11,16H,1-8H2,(H,14,19)(H,17,18). The Morgan fingerprint density at radius 3 is 2.63 bits per heavy atom. The zero-order valence-electron chi connectivity index (χ0n) is 11.0. The summed E-state index contributed by atoms with van der Waals surface area (Å²) < 4.78 is 0. The Morgan fingerprint density at radius 1 is 1.16 bits per heavy atom.